The first-order valence-electron chi connectivity index (χ1n) is 15.7. The average molecular weight is 580 g/mol. The van der Waals surface area contributed by atoms with E-state index in [1.54, 1.807) is 0 Å². The van der Waals surface area contributed by atoms with Crippen molar-refractivity contribution in [3.63, 3.8) is 0 Å². The molecule has 0 spiro atoms. The first kappa shape index (κ1) is 28.5. The van der Waals surface area contributed by atoms with Crippen LogP contribution in [0.25, 0.3) is 71.3 Å². The van der Waals surface area contributed by atoms with E-state index >= 15 is 0 Å². The molecule has 1 heteroatoms. The SMILES string of the molecule is C=C/C=C\C(=C/C)c1ccc(-c2cc(-c3ccc(-c4cccnc4)cc3)c3ccc4cc(C(C)(C)C)cc5ccc2c3c54)cc1. The fourth-order valence-corrected chi connectivity index (χ4v) is 6.57. The Morgan fingerprint density at radius 1 is 0.667 bits per heavy atom. The van der Waals surface area contributed by atoms with Crippen LogP contribution in [0.1, 0.15) is 38.8 Å². The zero-order valence-electron chi connectivity index (χ0n) is 26.4. The molecule has 0 atom stereocenters. The quantitative estimate of drug-likeness (QED) is 0.141. The largest absolute Gasteiger partial charge is 0.264 e. The summed E-state index contributed by atoms with van der Waals surface area (Å²) in [6, 6.07) is 38.5. The molecule has 7 rings (SSSR count). The van der Waals surface area contributed by atoms with Gasteiger partial charge in [0.25, 0.3) is 0 Å². The molecule has 0 N–H and O–H groups in total. The molecule has 1 heterocycles. The fourth-order valence-electron chi connectivity index (χ4n) is 6.57. The van der Waals surface area contributed by atoms with Crippen LogP contribution in [0.5, 0.6) is 0 Å². The highest BCUT2D eigenvalue weighted by Crippen LogP contribution is 2.45. The van der Waals surface area contributed by atoms with Crippen LogP contribution in [0.4, 0.5) is 0 Å². The fraction of sp³-hybridized carbons (Fsp3) is 0.114. The van der Waals surface area contributed by atoms with Crippen molar-refractivity contribution in [2.45, 2.75) is 33.1 Å². The zero-order chi connectivity index (χ0) is 31.1. The molecule has 0 saturated carbocycles. The minimum atomic E-state index is 0.0746. The van der Waals surface area contributed by atoms with Gasteiger partial charge in [-0.15, -0.1) is 0 Å². The highest BCUT2D eigenvalue weighted by molar-refractivity contribution is 6.28. The number of aromatic nitrogens is 1. The molecule has 1 nitrogen and oxygen atoms in total. The summed E-state index contributed by atoms with van der Waals surface area (Å²) in [7, 11) is 0. The van der Waals surface area contributed by atoms with Crippen LogP contribution < -0.4 is 0 Å². The maximum Gasteiger partial charge on any atom is 0.0346 e. The molecule has 0 fully saturated rings. The number of rotatable bonds is 6. The van der Waals surface area contributed by atoms with Gasteiger partial charge in [-0.25, -0.2) is 0 Å². The van der Waals surface area contributed by atoms with E-state index in [1.807, 2.05) is 30.6 Å². The van der Waals surface area contributed by atoms with Gasteiger partial charge in [-0.1, -0.05) is 143 Å². The van der Waals surface area contributed by atoms with Crippen molar-refractivity contribution in [3.8, 4) is 33.4 Å². The van der Waals surface area contributed by atoms with Crippen molar-refractivity contribution < 1.29 is 0 Å². The summed E-state index contributed by atoms with van der Waals surface area (Å²) in [4.78, 5) is 4.32. The summed E-state index contributed by atoms with van der Waals surface area (Å²) >= 11 is 0. The van der Waals surface area contributed by atoms with E-state index < -0.39 is 0 Å². The Bertz CT molecular complexity index is 2200. The van der Waals surface area contributed by atoms with Crippen molar-refractivity contribution in [2.75, 3.05) is 0 Å². The third kappa shape index (κ3) is 5.15. The molecule has 0 aliphatic heterocycles. The average Bonchev–Trinajstić information content (AvgIpc) is 3.07. The second-order valence-corrected chi connectivity index (χ2v) is 12.9. The van der Waals surface area contributed by atoms with E-state index in [-0.39, 0.29) is 5.41 Å². The molecule has 6 aromatic carbocycles. The molecule has 0 bridgehead atoms. The van der Waals surface area contributed by atoms with E-state index in [4.69, 9.17) is 0 Å². The standard InChI is InChI=1S/C44H37N/c1-6-8-10-29(7-2)30-12-16-32(17-13-30)40-27-41(33-18-14-31(15-19-33)36-11-9-24-45-28-36)39-23-21-35-26-37(44(3,4)5)25-34-20-22-38(40)43(39)42(34)35/h6-28H,1H2,2-5H3/b10-8-,29-7+. The van der Waals surface area contributed by atoms with E-state index in [2.05, 4.69) is 148 Å². The van der Waals surface area contributed by atoms with Gasteiger partial charge in [0.15, 0.2) is 0 Å². The van der Waals surface area contributed by atoms with Gasteiger partial charge in [0.05, 0.1) is 0 Å². The lowest BCUT2D eigenvalue weighted by molar-refractivity contribution is 0.591. The van der Waals surface area contributed by atoms with Gasteiger partial charge >= 0.3 is 0 Å². The molecular formula is C44H37N. The van der Waals surface area contributed by atoms with Gasteiger partial charge in [-0.3, -0.25) is 4.98 Å². The Morgan fingerprint density at radius 3 is 1.80 bits per heavy atom. The lowest BCUT2D eigenvalue weighted by atomic mass is 9.81. The summed E-state index contributed by atoms with van der Waals surface area (Å²) in [6.45, 7) is 12.8. The van der Waals surface area contributed by atoms with Gasteiger partial charge in [-0.2, -0.15) is 0 Å². The Labute approximate surface area is 266 Å². The molecule has 1 aromatic heterocycles. The Morgan fingerprint density at radius 2 is 1.27 bits per heavy atom. The molecule has 0 unspecified atom stereocenters. The highest BCUT2D eigenvalue weighted by atomic mass is 14.6. The lowest BCUT2D eigenvalue weighted by Gasteiger charge is -2.23. The summed E-state index contributed by atoms with van der Waals surface area (Å²) < 4.78 is 0. The van der Waals surface area contributed by atoms with Crippen molar-refractivity contribution in [1.82, 2.24) is 4.98 Å². The second-order valence-electron chi connectivity index (χ2n) is 12.9. The van der Waals surface area contributed by atoms with Crippen LogP contribution >= 0.6 is 0 Å². The van der Waals surface area contributed by atoms with Gasteiger partial charge in [0, 0.05) is 12.4 Å². The minimum absolute atomic E-state index is 0.0746. The summed E-state index contributed by atoms with van der Waals surface area (Å²) in [5.74, 6) is 0. The zero-order valence-corrected chi connectivity index (χ0v) is 26.4. The number of hydrogen-bond acceptors (Lipinski definition) is 1. The van der Waals surface area contributed by atoms with Crippen molar-refractivity contribution >= 4 is 37.9 Å². The number of allylic oxidation sites excluding steroid dienone is 5. The van der Waals surface area contributed by atoms with Crippen molar-refractivity contribution in [3.05, 3.63) is 158 Å². The lowest BCUT2D eigenvalue weighted by Crippen LogP contribution is -2.10. The van der Waals surface area contributed by atoms with Gasteiger partial charge < -0.3 is 0 Å². The van der Waals surface area contributed by atoms with Crippen molar-refractivity contribution in [1.29, 1.82) is 0 Å². The van der Waals surface area contributed by atoms with Gasteiger partial charge in [0.1, 0.15) is 0 Å². The van der Waals surface area contributed by atoms with Crippen LogP contribution in [0.3, 0.4) is 0 Å². The smallest absolute Gasteiger partial charge is 0.0346 e. The third-order valence-electron chi connectivity index (χ3n) is 9.03. The molecule has 45 heavy (non-hydrogen) atoms. The van der Waals surface area contributed by atoms with E-state index in [0.717, 1.165) is 5.56 Å². The molecule has 0 amide bonds. The molecule has 218 valence electrons. The maximum atomic E-state index is 4.32. The van der Waals surface area contributed by atoms with E-state index in [0.29, 0.717) is 0 Å². The van der Waals surface area contributed by atoms with E-state index in [9.17, 15) is 0 Å². The van der Waals surface area contributed by atoms with Gasteiger partial charge in [0.2, 0.25) is 0 Å². The van der Waals surface area contributed by atoms with Gasteiger partial charge in [-0.05, 0) is 107 Å². The van der Waals surface area contributed by atoms with Crippen molar-refractivity contribution in [2.24, 2.45) is 0 Å². The van der Waals surface area contributed by atoms with Crippen LogP contribution in [0.2, 0.25) is 0 Å². The molecule has 0 aliphatic carbocycles. The Kier molecular flexibility index (Phi) is 7.18. The van der Waals surface area contributed by atoms with Crippen LogP contribution in [-0.4, -0.2) is 4.98 Å². The summed E-state index contributed by atoms with van der Waals surface area (Å²) in [6.07, 6.45) is 11.8. The van der Waals surface area contributed by atoms with Crippen LogP contribution in [-0.2, 0) is 5.41 Å². The topological polar surface area (TPSA) is 12.9 Å². The molecular weight excluding hydrogens is 542 g/mol. The normalized spacial score (nSPS) is 12.6. The van der Waals surface area contributed by atoms with Crippen LogP contribution in [0, 0.1) is 0 Å². The third-order valence-corrected chi connectivity index (χ3v) is 9.03. The van der Waals surface area contributed by atoms with E-state index in [1.165, 1.54) is 76.8 Å². The van der Waals surface area contributed by atoms with Crippen LogP contribution in [0.15, 0.2) is 146 Å². The minimum Gasteiger partial charge on any atom is -0.264 e. The molecule has 0 radical (unpaired) electrons. The summed E-state index contributed by atoms with van der Waals surface area (Å²) in [5, 5.41) is 7.84. The number of benzene rings is 6. The second kappa shape index (κ2) is 11.3. The maximum absolute atomic E-state index is 4.32. The highest BCUT2D eigenvalue weighted by Gasteiger charge is 2.20. The monoisotopic (exact) mass is 579 g/mol. The Hall–Kier alpha value is -5.27. The molecule has 0 aliphatic rings. The Balaban J connectivity index is 1.47. The number of nitrogens with zero attached hydrogens (tertiary/aromatic N) is 1. The first-order valence-corrected chi connectivity index (χ1v) is 15.7. The number of pyridine rings is 1. The number of hydrogen-bond donors (Lipinski definition) is 0. The predicted molar refractivity (Wildman–Crippen MR) is 196 cm³/mol. The molecule has 7 aromatic rings. The molecule has 0 saturated heterocycles. The first-order chi connectivity index (χ1) is 21.9. The predicted octanol–water partition coefficient (Wildman–Crippen LogP) is 12.4. The summed E-state index contributed by atoms with van der Waals surface area (Å²) in [5.41, 5.74) is 11.0.